The third-order valence-electron chi connectivity index (χ3n) is 0.315. The summed E-state index contributed by atoms with van der Waals surface area (Å²) in [6, 6.07) is 0. The molecule has 119 valence electrons. The Morgan fingerprint density at radius 3 is 1.00 bits per heavy atom. The fourth-order valence-electron chi connectivity index (χ4n) is 0. The fraction of sp³-hybridized carbons (Fsp3) is 0.500. The van der Waals surface area contributed by atoms with Gasteiger partial charge < -0.3 is 5.48 Å². The van der Waals surface area contributed by atoms with Crippen LogP contribution in [0.5, 0.6) is 0 Å². The second-order valence-electron chi connectivity index (χ2n) is 1.20. The smallest absolute Gasteiger partial charge is 0.870 e. The zero-order valence-electron chi connectivity index (χ0n) is 9.80. The van der Waals surface area contributed by atoms with E-state index >= 15 is 0 Å². The summed E-state index contributed by atoms with van der Waals surface area (Å²) in [5.41, 5.74) is 0. The van der Waals surface area contributed by atoms with Crippen LogP contribution in [0.4, 0.5) is 19.4 Å². The number of halogens is 5. The van der Waals surface area contributed by atoms with E-state index in [1.54, 1.807) is 0 Å². The van der Waals surface area contributed by atoms with Crippen LogP contribution in [0, 0.1) is 31.1 Å². The van der Waals surface area contributed by atoms with Crippen LogP contribution in [0.2, 0.25) is 0 Å². The monoisotopic (exact) mass is 761 g/mol. The third kappa shape index (κ3) is 121. The van der Waals surface area contributed by atoms with Crippen molar-refractivity contribution in [2.24, 2.45) is 0 Å². The van der Waals surface area contributed by atoms with Gasteiger partial charge in [0, 0.05) is 72.2 Å². The Morgan fingerprint density at radius 1 is 0.947 bits per heavy atom. The molecule has 1 radical (unpaired) electrons. The molecule has 0 heterocycles. The molecule has 0 atom stereocenters. The topological polar surface area (TPSA) is 30.0 Å². The number of hydrogen-bond donors (Lipinski definition) is 0. The third-order valence-corrected chi connectivity index (χ3v) is 0.945. The van der Waals surface area contributed by atoms with Gasteiger partial charge in [0.1, 0.15) is 0 Å². The van der Waals surface area contributed by atoms with E-state index in [0.29, 0.717) is 0 Å². The van der Waals surface area contributed by atoms with Crippen molar-refractivity contribution in [1.82, 2.24) is 0 Å². The van der Waals surface area contributed by atoms with Gasteiger partial charge in [0.05, 0.1) is 5.41 Å². The molecule has 0 unspecified atom stereocenters. The molecule has 0 bridgehead atoms. The molecule has 0 aliphatic carbocycles. The summed E-state index contributed by atoms with van der Waals surface area (Å²) in [6.07, 6.45) is 0. The Bertz CT molecular complexity index is 165. The molecule has 0 fully saturated rings. The van der Waals surface area contributed by atoms with Crippen LogP contribution in [0.1, 0.15) is 30.1 Å². The molecule has 0 aromatic heterocycles. The van der Waals surface area contributed by atoms with Gasteiger partial charge in [-0.3, -0.25) is 0 Å². The van der Waals surface area contributed by atoms with Gasteiger partial charge in [-0.2, -0.15) is 0 Å². The molecule has 1 N–H and O–H groups in total. The van der Waals surface area contributed by atoms with Gasteiger partial charge in [0.15, 0.2) is 0 Å². The first-order chi connectivity index (χ1) is 5.04. The maximum atomic E-state index is 10.8. The average molecular weight is 761 g/mol. The van der Waals surface area contributed by atoms with Crippen LogP contribution in [-0.2, 0) is 39.6 Å². The minimum Gasteiger partial charge on any atom is -0.870 e. The zero-order chi connectivity index (χ0) is 11.1. The first-order valence-electron chi connectivity index (χ1n) is 2.92. The Hall–Kier alpha value is 2.76. The minimum atomic E-state index is -9.24. The molecule has 0 aliphatic heterocycles. The van der Waals surface area contributed by atoms with Crippen molar-refractivity contribution >= 4 is 10.2 Å². The molecule has 11 heteroatoms. The Morgan fingerprint density at radius 2 is 1.00 bits per heavy atom. The molecule has 0 aliphatic rings. The molecule has 0 saturated heterocycles. The molecule has 0 rings (SSSR count). The molecule has 0 aromatic carbocycles. The van der Waals surface area contributed by atoms with E-state index in [1.165, 1.54) is 0 Å². The van der Waals surface area contributed by atoms with E-state index in [4.69, 9.17) is 0 Å². The molecular formula is C8H24F5NaOSUVW. The molecule has 19 heavy (non-hydrogen) atoms. The first kappa shape index (κ1) is 67.8. The molecule has 0 aromatic rings. The predicted octanol–water partition coefficient (Wildman–Crippen LogP) is 3.60. The summed E-state index contributed by atoms with van der Waals surface area (Å²) < 4.78 is 54.1. The fourth-order valence-corrected chi connectivity index (χ4v) is 0. The van der Waals surface area contributed by atoms with E-state index < -0.39 is 15.6 Å². The first-order valence-corrected chi connectivity index (χ1v) is 4.93. The van der Waals surface area contributed by atoms with Crippen LogP contribution in [0.15, 0.2) is 25.1 Å². The SMILES string of the molecule is C.C.C=C.C=CS(F)(F)(F)(F)F.CC.[3HH].[Na+].[OH-].[U].[V].[W]. The van der Waals surface area contributed by atoms with Crippen LogP contribution >= 0.6 is 10.2 Å². The summed E-state index contributed by atoms with van der Waals surface area (Å²) in [7, 11) is -9.24. The Balaban J connectivity index is -0.00000000694. The molecule has 0 saturated carbocycles. The second kappa shape index (κ2) is 23.0. The standard InChI is InChI=1S/C2H3F5S.C2H6.C2H4.2CH4.Na.H2O.U.V.W.H2/c1-2-8(3,4,5,6)7;2*1-2;;;;;;;;/h2H,1H2;1-2H3;1-2H2;2*1H4;;1H2;;;;1H/q;;;;;+1;;;;;/p-1/i;;;;;;;;;;1+2. The number of hydrogen-bond acceptors (Lipinski definition) is 1. The van der Waals surface area contributed by atoms with Crippen molar-refractivity contribution in [2.45, 2.75) is 28.7 Å². The van der Waals surface area contributed by atoms with Crippen molar-refractivity contribution in [3.05, 3.63) is 25.1 Å². The Kier molecular flexibility index (Phi) is 82.2. The van der Waals surface area contributed by atoms with E-state index in [0.717, 1.165) is 0 Å². The van der Waals surface area contributed by atoms with Gasteiger partial charge in [0.25, 0.3) is 0 Å². The van der Waals surface area contributed by atoms with Crippen LogP contribution in [-0.4, -0.2) is 5.48 Å². The van der Waals surface area contributed by atoms with Gasteiger partial charge in [-0.1, -0.05) is 54.7 Å². The van der Waals surface area contributed by atoms with Crippen LogP contribution < -0.4 is 29.6 Å². The van der Waals surface area contributed by atoms with Crippen molar-refractivity contribution in [3.8, 4) is 0 Å². The van der Waals surface area contributed by atoms with Gasteiger partial charge in [-0.25, -0.2) is 0 Å². The molecular weight excluding hydrogens is 735 g/mol. The molecule has 1 nitrogen and oxygen atoms in total. The Labute approximate surface area is 188 Å². The summed E-state index contributed by atoms with van der Waals surface area (Å²) in [4.78, 5) is 0. The maximum absolute atomic E-state index is 10.8. The summed E-state index contributed by atoms with van der Waals surface area (Å²) >= 11 is 0. The largest absolute Gasteiger partial charge is 1.00 e. The average Bonchev–Trinajstić information content (AvgIpc) is 1.93. The predicted molar refractivity (Wildman–Crippen MR) is 63.4 cm³/mol. The summed E-state index contributed by atoms with van der Waals surface area (Å²) in [5.74, 6) is 0. The van der Waals surface area contributed by atoms with Crippen LogP contribution in [0.25, 0.3) is 0 Å². The zero-order valence-corrected chi connectivity index (χ0v) is 21.1. The maximum Gasteiger partial charge on any atom is 1.00 e. The van der Waals surface area contributed by atoms with Gasteiger partial charge in [0.2, 0.25) is 0 Å². The molecule has 0 spiro atoms. The minimum absolute atomic E-state index is 0. The van der Waals surface area contributed by atoms with Crippen molar-refractivity contribution in [3.63, 3.8) is 0 Å². The number of rotatable bonds is 1. The molecule has 0 amide bonds. The van der Waals surface area contributed by atoms with E-state index in [-0.39, 0.29) is 122 Å². The normalized spacial score (nSPS) is 9.42. The van der Waals surface area contributed by atoms with E-state index in [1.807, 2.05) is 20.4 Å². The van der Waals surface area contributed by atoms with Gasteiger partial charge in [-0.05, 0) is 0 Å². The quantitative estimate of drug-likeness (QED) is 0.229. The van der Waals surface area contributed by atoms with Crippen molar-refractivity contribution in [2.75, 3.05) is 0 Å². The van der Waals surface area contributed by atoms with Gasteiger partial charge >= 0.3 is 39.8 Å². The van der Waals surface area contributed by atoms with E-state index in [2.05, 4.69) is 13.2 Å². The van der Waals surface area contributed by atoms with E-state index in [9.17, 15) is 19.4 Å². The van der Waals surface area contributed by atoms with Crippen molar-refractivity contribution in [1.29, 1.82) is 0 Å². The second-order valence-corrected chi connectivity index (χ2v) is 3.59. The summed E-state index contributed by atoms with van der Waals surface area (Å²) in [5, 5.41) is -1.24. The van der Waals surface area contributed by atoms with Gasteiger partial charge in [-0.15, -0.1) is 13.2 Å². The van der Waals surface area contributed by atoms with Crippen LogP contribution in [0.3, 0.4) is 0 Å². The summed E-state index contributed by atoms with van der Waals surface area (Å²) in [6.45, 7) is 12.0. The van der Waals surface area contributed by atoms with Crippen molar-refractivity contribution < 1.29 is 127 Å².